The summed E-state index contributed by atoms with van der Waals surface area (Å²) in [6.07, 6.45) is 1.22. The Labute approximate surface area is 128 Å². The molecule has 2 rings (SSSR count). The van der Waals surface area contributed by atoms with Crippen molar-refractivity contribution >= 4 is 33.3 Å². The number of methoxy groups -OCH3 is 1. The Hall–Kier alpha value is -1.31. The first-order valence-electron chi connectivity index (χ1n) is 6.49. The molecule has 1 atom stereocenters. The van der Waals surface area contributed by atoms with Crippen molar-refractivity contribution in [2.24, 2.45) is 5.92 Å². The van der Waals surface area contributed by atoms with Crippen LogP contribution in [0.3, 0.4) is 0 Å². The fourth-order valence-corrected chi connectivity index (χ4v) is 4.44. The van der Waals surface area contributed by atoms with Gasteiger partial charge in [0.05, 0.1) is 18.1 Å². The van der Waals surface area contributed by atoms with Crippen LogP contribution < -0.4 is 5.73 Å². The summed E-state index contributed by atoms with van der Waals surface area (Å²) in [5, 5.41) is 0.0789. The second-order valence-electron chi connectivity index (χ2n) is 4.92. The number of hydrogen-bond donors (Lipinski definition) is 1. The topological polar surface area (TPSA) is 89.7 Å². The Balaban J connectivity index is 2.28. The van der Waals surface area contributed by atoms with E-state index in [9.17, 15) is 13.2 Å². The van der Waals surface area contributed by atoms with E-state index in [1.807, 2.05) is 0 Å². The lowest BCUT2D eigenvalue weighted by Gasteiger charge is -2.30. The van der Waals surface area contributed by atoms with Gasteiger partial charge in [-0.25, -0.2) is 8.42 Å². The average Bonchev–Trinajstić information content (AvgIpc) is 2.46. The number of ether oxygens (including phenoxy) is 1. The zero-order valence-electron chi connectivity index (χ0n) is 11.6. The predicted octanol–water partition coefficient (Wildman–Crippen LogP) is 1.50. The van der Waals surface area contributed by atoms with Crippen LogP contribution in [-0.4, -0.2) is 38.9 Å². The monoisotopic (exact) mass is 332 g/mol. The molecule has 0 radical (unpaired) electrons. The van der Waals surface area contributed by atoms with E-state index in [1.54, 1.807) is 0 Å². The minimum Gasteiger partial charge on any atom is -0.469 e. The number of nitrogens with zero attached hydrogens (tertiary/aromatic N) is 1. The number of anilines is 1. The summed E-state index contributed by atoms with van der Waals surface area (Å²) in [6.45, 7) is 0.465. The molecule has 0 aromatic heterocycles. The maximum atomic E-state index is 12.6. The number of carbonyl (C=O) groups is 1. The minimum absolute atomic E-state index is 0.00359. The minimum atomic E-state index is -3.75. The summed E-state index contributed by atoms with van der Waals surface area (Å²) in [4.78, 5) is 11.6. The fourth-order valence-electron chi connectivity index (χ4n) is 2.39. The number of sulfonamides is 1. The van der Waals surface area contributed by atoms with Crippen molar-refractivity contribution < 1.29 is 17.9 Å². The Morgan fingerprint density at radius 2 is 2.19 bits per heavy atom. The maximum absolute atomic E-state index is 12.6. The molecule has 0 amide bonds. The van der Waals surface area contributed by atoms with E-state index < -0.39 is 21.9 Å². The molecule has 1 heterocycles. The van der Waals surface area contributed by atoms with Crippen LogP contribution in [-0.2, 0) is 19.6 Å². The van der Waals surface area contributed by atoms with Gasteiger partial charge in [-0.2, -0.15) is 4.31 Å². The van der Waals surface area contributed by atoms with Crippen molar-refractivity contribution in [2.75, 3.05) is 25.9 Å². The lowest BCUT2D eigenvalue weighted by molar-refractivity contribution is -0.146. The van der Waals surface area contributed by atoms with Crippen LogP contribution in [0, 0.1) is 5.92 Å². The second kappa shape index (κ2) is 6.21. The van der Waals surface area contributed by atoms with E-state index in [0.29, 0.717) is 25.1 Å². The number of nitrogen functional groups attached to an aromatic ring is 1. The smallest absolute Gasteiger partial charge is 0.309 e. The van der Waals surface area contributed by atoms with Gasteiger partial charge in [0.2, 0.25) is 10.0 Å². The van der Waals surface area contributed by atoms with Gasteiger partial charge in [-0.05, 0) is 31.0 Å². The van der Waals surface area contributed by atoms with Gasteiger partial charge in [-0.3, -0.25) is 4.79 Å². The van der Waals surface area contributed by atoms with Crippen molar-refractivity contribution in [3.63, 3.8) is 0 Å². The molecule has 0 aliphatic carbocycles. The first kappa shape index (κ1) is 16.1. The number of piperidine rings is 1. The lowest BCUT2D eigenvalue weighted by Crippen LogP contribution is -2.42. The summed E-state index contributed by atoms with van der Waals surface area (Å²) in [5.41, 5.74) is 5.97. The summed E-state index contributed by atoms with van der Waals surface area (Å²) < 4.78 is 31.2. The van der Waals surface area contributed by atoms with Crippen LogP contribution >= 0.6 is 11.6 Å². The number of rotatable bonds is 3. The van der Waals surface area contributed by atoms with Gasteiger partial charge in [-0.1, -0.05) is 11.6 Å². The molecule has 116 valence electrons. The molecule has 6 nitrogen and oxygen atoms in total. The van der Waals surface area contributed by atoms with E-state index in [1.165, 1.54) is 29.6 Å². The third kappa shape index (κ3) is 3.30. The van der Waals surface area contributed by atoms with E-state index in [2.05, 4.69) is 0 Å². The van der Waals surface area contributed by atoms with Crippen LogP contribution in [0.15, 0.2) is 23.1 Å². The number of nitrogens with two attached hydrogens (primary N) is 1. The number of esters is 1. The third-order valence-corrected chi connectivity index (χ3v) is 5.84. The quantitative estimate of drug-likeness (QED) is 0.669. The predicted molar refractivity (Wildman–Crippen MR) is 79.4 cm³/mol. The summed E-state index contributed by atoms with van der Waals surface area (Å²) in [6, 6.07) is 4.27. The van der Waals surface area contributed by atoms with Gasteiger partial charge in [-0.15, -0.1) is 0 Å². The highest BCUT2D eigenvalue weighted by Gasteiger charge is 2.34. The van der Waals surface area contributed by atoms with Crippen molar-refractivity contribution in [2.45, 2.75) is 17.7 Å². The third-order valence-electron chi connectivity index (χ3n) is 3.49. The van der Waals surface area contributed by atoms with E-state index in [-0.39, 0.29) is 16.5 Å². The van der Waals surface area contributed by atoms with Crippen LogP contribution in [0.1, 0.15) is 12.8 Å². The molecule has 1 fully saturated rings. The summed E-state index contributed by atoms with van der Waals surface area (Å²) in [5.74, 6) is -0.829. The molecular weight excluding hydrogens is 316 g/mol. The van der Waals surface area contributed by atoms with Crippen molar-refractivity contribution in [1.29, 1.82) is 0 Å². The van der Waals surface area contributed by atoms with Crippen molar-refractivity contribution in [1.82, 2.24) is 4.31 Å². The summed E-state index contributed by atoms with van der Waals surface area (Å²) in [7, 11) is -2.45. The number of halogens is 1. The van der Waals surface area contributed by atoms with Crippen molar-refractivity contribution in [3.8, 4) is 0 Å². The van der Waals surface area contributed by atoms with Crippen LogP contribution in [0.25, 0.3) is 0 Å². The van der Waals surface area contributed by atoms with E-state index in [4.69, 9.17) is 22.1 Å². The molecule has 0 saturated carbocycles. The first-order valence-corrected chi connectivity index (χ1v) is 8.31. The van der Waals surface area contributed by atoms with Gasteiger partial charge >= 0.3 is 5.97 Å². The lowest BCUT2D eigenvalue weighted by atomic mass is 10.0. The van der Waals surface area contributed by atoms with E-state index >= 15 is 0 Å². The Kier molecular flexibility index (Phi) is 4.75. The molecule has 1 aliphatic heterocycles. The van der Waals surface area contributed by atoms with Gasteiger partial charge in [0.15, 0.2) is 0 Å². The highest BCUT2D eigenvalue weighted by atomic mass is 35.5. The van der Waals surface area contributed by atoms with Gasteiger partial charge < -0.3 is 10.5 Å². The highest BCUT2D eigenvalue weighted by molar-refractivity contribution is 7.89. The van der Waals surface area contributed by atoms with Crippen LogP contribution in [0.2, 0.25) is 5.02 Å². The van der Waals surface area contributed by atoms with E-state index in [0.717, 1.165) is 0 Å². The molecule has 1 aliphatic rings. The number of benzene rings is 1. The molecule has 0 spiro atoms. The molecule has 1 unspecified atom stereocenters. The first-order chi connectivity index (χ1) is 9.86. The molecular formula is C13H17ClN2O4S. The molecule has 2 N–H and O–H groups in total. The summed E-state index contributed by atoms with van der Waals surface area (Å²) >= 11 is 5.98. The fraction of sp³-hybridized carbons (Fsp3) is 0.462. The van der Waals surface area contributed by atoms with Gasteiger partial charge in [0.1, 0.15) is 4.90 Å². The number of hydrogen-bond acceptors (Lipinski definition) is 5. The Morgan fingerprint density at radius 3 is 2.81 bits per heavy atom. The SMILES string of the molecule is COC(=O)C1CCCN(S(=O)(=O)c2ccc(N)cc2Cl)C1. The van der Waals surface area contributed by atoms with Crippen molar-refractivity contribution in [3.05, 3.63) is 23.2 Å². The molecule has 0 bridgehead atoms. The Bertz CT molecular complexity index is 648. The van der Waals surface area contributed by atoms with Gasteiger partial charge in [0, 0.05) is 18.8 Å². The second-order valence-corrected chi connectivity index (χ2v) is 7.23. The molecule has 21 heavy (non-hydrogen) atoms. The largest absolute Gasteiger partial charge is 0.469 e. The standard InChI is InChI=1S/C13H17ClN2O4S/c1-20-13(17)9-3-2-6-16(8-9)21(18,19)12-5-4-10(15)7-11(12)14/h4-5,7,9H,2-3,6,8,15H2,1H3. The normalized spacial score (nSPS) is 20.2. The zero-order chi connectivity index (χ0) is 15.6. The van der Waals surface area contributed by atoms with Gasteiger partial charge in [0.25, 0.3) is 0 Å². The highest BCUT2D eigenvalue weighted by Crippen LogP contribution is 2.29. The number of carbonyl (C=O) groups excluding carboxylic acids is 1. The molecule has 1 aromatic carbocycles. The molecule has 1 aromatic rings. The van der Waals surface area contributed by atoms with Crippen LogP contribution in [0.5, 0.6) is 0 Å². The Morgan fingerprint density at radius 1 is 1.48 bits per heavy atom. The average molecular weight is 333 g/mol. The van der Waals surface area contributed by atoms with Crippen LogP contribution in [0.4, 0.5) is 5.69 Å². The maximum Gasteiger partial charge on any atom is 0.309 e. The zero-order valence-corrected chi connectivity index (χ0v) is 13.2. The molecule has 8 heteroatoms. The molecule has 1 saturated heterocycles.